The third kappa shape index (κ3) is 2.54. The van der Waals surface area contributed by atoms with Gasteiger partial charge in [0.15, 0.2) is 0 Å². The van der Waals surface area contributed by atoms with Gasteiger partial charge in [-0.05, 0) is 0 Å². The molecule has 0 aliphatic carbocycles. The van der Waals surface area contributed by atoms with Gasteiger partial charge in [-0.15, -0.1) is 0 Å². The molecule has 5 heteroatoms. The second-order valence-corrected chi connectivity index (χ2v) is 2.91. The van der Waals surface area contributed by atoms with Crippen LogP contribution in [0.2, 0.25) is 0 Å². The van der Waals surface area contributed by atoms with E-state index in [9.17, 15) is 9.59 Å². The Morgan fingerprint density at radius 2 is 2.38 bits per heavy atom. The fourth-order valence-electron chi connectivity index (χ4n) is 0.966. The zero-order chi connectivity index (χ0) is 9.84. The number of carbonyl (C=O) groups excluding carboxylic acids is 2. The van der Waals surface area contributed by atoms with Crippen LogP contribution in [0.3, 0.4) is 0 Å². The Hall–Kier alpha value is -1.39. The molecule has 0 bridgehead atoms. The fourth-order valence-corrected chi connectivity index (χ4v) is 0.966. The number of carbonyl (C=O) groups is 2. The molecule has 0 aromatic carbocycles. The molecule has 3 amide bonds. The molecule has 72 valence electrons. The fraction of sp³-hybridized carbons (Fsp3) is 0.625. The lowest BCUT2D eigenvalue weighted by Gasteiger charge is -2.20. The molecule has 0 saturated heterocycles. The summed E-state index contributed by atoms with van der Waals surface area (Å²) in [6.45, 7) is 2.37. The summed E-state index contributed by atoms with van der Waals surface area (Å²) in [5.74, 6) is 0.381. The van der Waals surface area contributed by atoms with Crippen LogP contribution in [-0.4, -0.2) is 36.3 Å². The standard InChI is InChI=1S/C8H13N3O2/c1-3-7(12)9-6-4-5-11(2)8(13)10-6/h3-5H2,1-2H3,(H,9,10,12,13). The van der Waals surface area contributed by atoms with Crippen LogP contribution in [0.4, 0.5) is 4.79 Å². The molecule has 1 heterocycles. The number of amides is 3. The van der Waals surface area contributed by atoms with E-state index in [0.717, 1.165) is 0 Å². The molecule has 5 nitrogen and oxygen atoms in total. The predicted molar refractivity (Wildman–Crippen MR) is 48.5 cm³/mol. The van der Waals surface area contributed by atoms with Crippen molar-refractivity contribution in [2.24, 2.45) is 4.99 Å². The molecule has 1 rings (SSSR count). The van der Waals surface area contributed by atoms with Crippen molar-refractivity contribution in [3.05, 3.63) is 0 Å². The van der Waals surface area contributed by atoms with Gasteiger partial charge in [0.2, 0.25) is 5.91 Å². The summed E-state index contributed by atoms with van der Waals surface area (Å²) < 4.78 is 0. The zero-order valence-electron chi connectivity index (χ0n) is 7.83. The minimum Gasteiger partial charge on any atom is -0.325 e. The van der Waals surface area contributed by atoms with Crippen LogP contribution >= 0.6 is 0 Å². The Balaban J connectivity index is 2.57. The number of hydrogen-bond donors (Lipinski definition) is 1. The van der Waals surface area contributed by atoms with Crippen molar-refractivity contribution in [2.45, 2.75) is 19.8 Å². The van der Waals surface area contributed by atoms with Crippen molar-refractivity contribution < 1.29 is 9.59 Å². The smallest absolute Gasteiger partial charge is 0.325 e. The topological polar surface area (TPSA) is 61.8 Å². The van der Waals surface area contributed by atoms with Crippen LogP contribution < -0.4 is 5.32 Å². The van der Waals surface area contributed by atoms with Crippen LogP contribution in [0.15, 0.2) is 4.99 Å². The Kier molecular flexibility index (Phi) is 3.00. The molecule has 0 spiro atoms. The number of nitrogens with one attached hydrogen (secondary N) is 1. The van der Waals surface area contributed by atoms with Gasteiger partial charge >= 0.3 is 6.03 Å². The van der Waals surface area contributed by atoms with E-state index in [1.54, 1.807) is 14.0 Å². The molecule has 0 aromatic rings. The maximum absolute atomic E-state index is 11.1. The first-order valence-electron chi connectivity index (χ1n) is 4.26. The van der Waals surface area contributed by atoms with E-state index < -0.39 is 0 Å². The van der Waals surface area contributed by atoms with Gasteiger partial charge in [0.05, 0.1) is 0 Å². The summed E-state index contributed by atoms with van der Waals surface area (Å²) in [6.07, 6.45) is 1.02. The molecule has 0 saturated carbocycles. The van der Waals surface area contributed by atoms with Crippen LogP contribution in [0.5, 0.6) is 0 Å². The molecular weight excluding hydrogens is 170 g/mol. The van der Waals surface area contributed by atoms with Gasteiger partial charge in [0, 0.05) is 26.4 Å². The Bertz CT molecular complexity index is 260. The number of aliphatic imine (C=N–C) groups is 1. The third-order valence-corrected chi connectivity index (χ3v) is 1.85. The zero-order valence-corrected chi connectivity index (χ0v) is 7.83. The lowest BCUT2D eigenvalue weighted by Crippen LogP contribution is -2.39. The van der Waals surface area contributed by atoms with E-state index in [0.29, 0.717) is 25.2 Å². The lowest BCUT2D eigenvalue weighted by atomic mass is 10.3. The van der Waals surface area contributed by atoms with E-state index in [4.69, 9.17) is 0 Å². The second-order valence-electron chi connectivity index (χ2n) is 2.91. The van der Waals surface area contributed by atoms with Crippen molar-refractivity contribution in [1.29, 1.82) is 0 Å². The van der Waals surface area contributed by atoms with Crippen LogP contribution in [0.25, 0.3) is 0 Å². The van der Waals surface area contributed by atoms with Crippen LogP contribution in [0, 0.1) is 0 Å². The number of nitrogens with zero attached hydrogens (tertiary/aromatic N) is 2. The highest BCUT2D eigenvalue weighted by atomic mass is 16.2. The summed E-state index contributed by atoms with van der Waals surface area (Å²) in [6, 6.07) is -0.294. The molecular formula is C8H13N3O2. The van der Waals surface area contributed by atoms with Gasteiger partial charge in [-0.1, -0.05) is 6.92 Å². The Morgan fingerprint density at radius 3 is 2.92 bits per heavy atom. The van der Waals surface area contributed by atoms with Crippen molar-refractivity contribution in [2.75, 3.05) is 13.6 Å². The van der Waals surface area contributed by atoms with Crippen molar-refractivity contribution in [3.8, 4) is 0 Å². The predicted octanol–water partition coefficient (Wildman–Crippen LogP) is 0.367. The highest BCUT2D eigenvalue weighted by Crippen LogP contribution is 2.01. The van der Waals surface area contributed by atoms with Gasteiger partial charge in [0.25, 0.3) is 0 Å². The summed E-state index contributed by atoms with van der Waals surface area (Å²) in [7, 11) is 1.68. The quantitative estimate of drug-likeness (QED) is 0.638. The van der Waals surface area contributed by atoms with E-state index in [2.05, 4.69) is 10.3 Å². The van der Waals surface area contributed by atoms with Gasteiger partial charge in [-0.2, -0.15) is 4.99 Å². The molecule has 0 fully saturated rings. The van der Waals surface area contributed by atoms with Gasteiger partial charge < -0.3 is 10.2 Å². The largest absolute Gasteiger partial charge is 0.344 e. The first-order valence-corrected chi connectivity index (χ1v) is 4.26. The van der Waals surface area contributed by atoms with Crippen molar-refractivity contribution >= 4 is 17.8 Å². The summed E-state index contributed by atoms with van der Waals surface area (Å²) >= 11 is 0. The van der Waals surface area contributed by atoms with Crippen LogP contribution in [0.1, 0.15) is 19.8 Å². The van der Waals surface area contributed by atoms with Crippen LogP contribution in [-0.2, 0) is 4.79 Å². The molecule has 0 aromatic heterocycles. The molecule has 1 N–H and O–H groups in total. The first kappa shape index (κ1) is 9.70. The Morgan fingerprint density at radius 1 is 1.69 bits per heavy atom. The number of amidine groups is 1. The molecule has 0 atom stereocenters. The summed E-state index contributed by atoms with van der Waals surface area (Å²) in [5, 5.41) is 2.58. The van der Waals surface area contributed by atoms with E-state index in [1.165, 1.54) is 4.90 Å². The average molecular weight is 183 g/mol. The number of rotatable bonds is 1. The SMILES string of the molecule is CCC(=O)NC1=NC(=O)N(C)CC1. The first-order chi connectivity index (χ1) is 6.13. The van der Waals surface area contributed by atoms with Gasteiger partial charge in [-0.3, -0.25) is 4.79 Å². The minimum absolute atomic E-state index is 0.101. The number of hydrogen-bond acceptors (Lipinski definition) is 2. The summed E-state index contributed by atoms with van der Waals surface area (Å²) in [5.41, 5.74) is 0. The normalized spacial score (nSPS) is 16.9. The maximum atomic E-state index is 11.1. The van der Waals surface area contributed by atoms with E-state index in [-0.39, 0.29) is 11.9 Å². The highest BCUT2D eigenvalue weighted by molar-refractivity contribution is 6.04. The molecule has 1 aliphatic heterocycles. The molecule has 0 unspecified atom stereocenters. The van der Waals surface area contributed by atoms with Crippen molar-refractivity contribution in [3.63, 3.8) is 0 Å². The van der Waals surface area contributed by atoms with Crippen molar-refractivity contribution in [1.82, 2.24) is 10.2 Å². The second kappa shape index (κ2) is 4.02. The maximum Gasteiger partial charge on any atom is 0.344 e. The molecule has 1 aliphatic rings. The minimum atomic E-state index is -0.294. The molecule has 13 heavy (non-hydrogen) atoms. The highest BCUT2D eigenvalue weighted by Gasteiger charge is 2.16. The average Bonchev–Trinajstić information content (AvgIpc) is 2.11. The monoisotopic (exact) mass is 183 g/mol. The number of urea groups is 1. The summed E-state index contributed by atoms with van der Waals surface area (Å²) in [4.78, 5) is 27.3. The third-order valence-electron chi connectivity index (χ3n) is 1.85. The molecule has 0 radical (unpaired) electrons. The van der Waals surface area contributed by atoms with Gasteiger partial charge in [0.1, 0.15) is 5.84 Å². The van der Waals surface area contributed by atoms with Gasteiger partial charge in [-0.25, -0.2) is 4.79 Å². The van der Waals surface area contributed by atoms with E-state index >= 15 is 0 Å². The Labute approximate surface area is 76.8 Å². The van der Waals surface area contributed by atoms with E-state index in [1.807, 2.05) is 0 Å². The lowest BCUT2D eigenvalue weighted by molar-refractivity contribution is -0.119.